The van der Waals surface area contributed by atoms with Gasteiger partial charge in [-0.1, -0.05) is 0 Å². The van der Waals surface area contributed by atoms with Crippen LogP contribution in [0, 0.1) is 0 Å². The Bertz CT molecular complexity index is 425. The molecule has 2 aromatic heterocycles. The highest BCUT2D eigenvalue weighted by Crippen LogP contribution is 2.23. The maximum absolute atomic E-state index is 9.74. The molecule has 0 saturated heterocycles. The van der Waals surface area contributed by atoms with Crippen molar-refractivity contribution in [1.82, 2.24) is 10.3 Å². The number of aromatic nitrogens is 1. The Kier molecular flexibility index (Phi) is 2.47. The molecular weight excluding hydrogens is 180 g/mol. The van der Waals surface area contributed by atoms with Crippen molar-refractivity contribution in [2.24, 2.45) is 0 Å². The highest BCUT2D eigenvalue weighted by molar-refractivity contribution is 5.76. The van der Waals surface area contributed by atoms with Gasteiger partial charge in [-0.3, -0.25) is 4.98 Å². The van der Waals surface area contributed by atoms with Crippen LogP contribution in [0.4, 0.5) is 0 Å². The van der Waals surface area contributed by atoms with Gasteiger partial charge in [-0.15, -0.1) is 0 Å². The van der Waals surface area contributed by atoms with E-state index < -0.39 is 6.10 Å². The van der Waals surface area contributed by atoms with Crippen LogP contribution in [0.5, 0.6) is 0 Å². The van der Waals surface area contributed by atoms with Crippen molar-refractivity contribution in [3.8, 4) is 0 Å². The number of nitrogens with zero attached hydrogens (tertiary/aromatic N) is 1. The van der Waals surface area contributed by atoms with E-state index in [0.29, 0.717) is 12.1 Å². The number of aliphatic hydroxyl groups is 1. The summed E-state index contributed by atoms with van der Waals surface area (Å²) >= 11 is 0. The molecule has 0 aromatic carbocycles. The number of fused-ring (bicyclic) bond motifs is 1. The maximum atomic E-state index is 9.74. The number of pyridine rings is 1. The monoisotopic (exact) mass is 192 g/mol. The molecule has 0 bridgehead atoms. The quantitative estimate of drug-likeness (QED) is 0.764. The lowest BCUT2D eigenvalue weighted by Crippen LogP contribution is -2.16. The molecule has 14 heavy (non-hydrogen) atoms. The first kappa shape index (κ1) is 9.18. The maximum Gasteiger partial charge on any atom is 0.152 e. The number of furan rings is 1. The predicted octanol–water partition coefficient (Wildman–Crippen LogP) is 1.08. The van der Waals surface area contributed by atoms with Gasteiger partial charge in [-0.2, -0.15) is 0 Å². The molecule has 0 spiro atoms. The van der Waals surface area contributed by atoms with Gasteiger partial charge in [0.2, 0.25) is 0 Å². The summed E-state index contributed by atoms with van der Waals surface area (Å²) in [4.78, 5) is 4.16. The molecular formula is C10H12N2O2. The van der Waals surface area contributed by atoms with Gasteiger partial charge >= 0.3 is 0 Å². The molecule has 2 rings (SSSR count). The number of hydrogen-bond donors (Lipinski definition) is 2. The van der Waals surface area contributed by atoms with Gasteiger partial charge in [0.1, 0.15) is 5.52 Å². The smallest absolute Gasteiger partial charge is 0.152 e. The molecule has 4 nitrogen and oxygen atoms in total. The highest BCUT2D eigenvalue weighted by atomic mass is 16.3. The van der Waals surface area contributed by atoms with Gasteiger partial charge in [0, 0.05) is 18.3 Å². The molecule has 74 valence electrons. The summed E-state index contributed by atoms with van der Waals surface area (Å²) < 4.78 is 5.27. The van der Waals surface area contributed by atoms with E-state index in [4.69, 9.17) is 4.42 Å². The second-order valence-corrected chi connectivity index (χ2v) is 3.11. The van der Waals surface area contributed by atoms with Crippen molar-refractivity contribution >= 4 is 11.1 Å². The molecule has 0 aliphatic rings. The van der Waals surface area contributed by atoms with E-state index >= 15 is 0 Å². The summed E-state index contributed by atoms with van der Waals surface area (Å²) in [5, 5.41) is 12.6. The van der Waals surface area contributed by atoms with Crippen molar-refractivity contribution in [2.75, 3.05) is 13.6 Å². The van der Waals surface area contributed by atoms with Crippen LogP contribution >= 0.6 is 0 Å². The Hall–Kier alpha value is -1.39. The van der Waals surface area contributed by atoms with Gasteiger partial charge < -0.3 is 14.8 Å². The van der Waals surface area contributed by atoms with E-state index in [9.17, 15) is 5.11 Å². The largest absolute Gasteiger partial charge is 0.462 e. The fourth-order valence-corrected chi connectivity index (χ4v) is 1.42. The normalized spacial score (nSPS) is 13.3. The van der Waals surface area contributed by atoms with Gasteiger partial charge in [0.15, 0.2) is 5.58 Å². The van der Waals surface area contributed by atoms with Crippen LogP contribution in [-0.2, 0) is 0 Å². The topological polar surface area (TPSA) is 58.3 Å². The minimum atomic E-state index is -0.573. The van der Waals surface area contributed by atoms with Gasteiger partial charge in [-0.05, 0) is 19.2 Å². The van der Waals surface area contributed by atoms with E-state index in [1.807, 2.05) is 6.07 Å². The molecule has 4 heteroatoms. The zero-order valence-corrected chi connectivity index (χ0v) is 7.90. The zero-order chi connectivity index (χ0) is 9.97. The van der Waals surface area contributed by atoms with Crippen LogP contribution in [-0.4, -0.2) is 23.7 Å². The number of likely N-dealkylation sites (N-methyl/N-ethyl adjacent to an activating group) is 1. The standard InChI is InChI=1S/C10H12N2O2/c1-11-5-8(13)7-6-14-9-3-2-4-12-10(7)9/h2-4,6,8,11,13H,5H2,1H3. The second-order valence-electron chi connectivity index (χ2n) is 3.11. The van der Waals surface area contributed by atoms with E-state index in [1.54, 1.807) is 25.6 Å². The Labute approximate surface area is 81.6 Å². The third-order valence-electron chi connectivity index (χ3n) is 2.11. The summed E-state index contributed by atoms with van der Waals surface area (Å²) in [6, 6.07) is 3.64. The lowest BCUT2D eigenvalue weighted by atomic mass is 10.1. The van der Waals surface area contributed by atoms with Crippen molar-refractivity contribution in [3.05, 3.63) is 30.2 Å². The molecule has 2 heterocycles. The lowest BCUT2D eigenvalue weighted by molar-refractivity contribution is 0.178. The fourth-order valence-electron chi connectivity index (χ4n) is 1.42. The average molecular weight is 192 g/mol. The molecule has 2 N–H and O–H groups in total. The summed E-state index contributed by atoms with van der Waals surface area (Å²) in [6.45, 7) is 0.491. The first-order valence-electron chi connectivity index (χ1n) is 4.47. The Morgan fingerprint density at radius 1 is 1.64 bits per heavy atom. The molecule has 0 fully saturated rings. The molecule has 1 unspecified atom stereocenters. The van der Waals surface area contributed by atoms with Crippen LogP contribution in [0.3, 0.4) is 0 Å². The van der Waals surface area contributed by atoms with Crippen molar-refractivity contribution in [2.45, 2.75) is 6.10 Å². The minimum Gasteiger partial charge on any atom is -0.462 e. The first-order chi connectivity index (χ1) is 6.83. The molecule has 1 atom stereocenters. The SMILES string of the molecule is CNCC(O)c1coc2cccnc12. The molecule has 0 radical (unpaired) electrons. The van der Waals surface area contributed by atoms with Crippen LogP contribution in [0.25, 0.3) is 11.1 Å². The molecule has 0 amide bonds. The number of aliphatic hydroxyl groups excluding tert-OH is 1. The van der Waals surface area contributed by atoms with Crippen LogP contribution in [0.15, 0.2) is 29.0 Å². The Morgan fingerprint density at radius 2 is 2.50 bits per heavy atom. The average Bonchev–Trinajstić information content (AvgIpc) is 2.61. The summed E-state index contributed by atoms with van der Waals surface area (Å²) in [5.74, 6) is 0. The Morgan fingerprint density at radius 3 is 3.29 bits per heavy atom. The van der Waals surface area contributed by atoms with Gasteiger partial charge in [-0.25, -0.2) is 0 Å². The number of nitrogens with one attached hydrogen (secondary N) is 1. The van der Waals surface area contributed by atoms with Crippen LogP contribution < -0.4 is 5.32 Å². The number of rotatable bonds is 3. The highest BCUT2D eigenvalue weighted by Gasteiger charge is 2.14. The first-order valence-corrected chi connectivity index (χ1v) is 4.47. The minimum absolute atomic E-state index is 0.491. The lowest BCUT2D eigenvalue weighted by Gasteiger charge is -2.06. The van der Waals surface area contributed by atoms with Gasteiger partial charge in [0.05, 0.1) is 12.4 Å². The molecule has 2 aromatic rings. The summed E-state index contributed by atoms with van der Waals surface area (Å²) in [6.07, 6.45) is 2.67. The third-order valence-corrected chi connectivity index (χ3v) is 2.11. The van der Waals surface area contributed by atoms with E-state index in [1.165, 1.54) is 0 Å². The Balaban J connectivity index is 2.42. The summed E-state index contributed by atoms with van der Waals surface area (Å²) in [5.41, 5.74) is 2.17. The zero-order valence-electron chi connectivity index (χ0n) is 7.90. The van der Waals surface area contributed by atoms with Crippen LogP contribution in [0.2, 0.25) is 0 Å². The summed E-state index contributed by atoms with van der Waals surface area (Å²) in [7, 11) is 1.79. The third kappa shape index (κ3) is 1.49. The van der Waals surface area contributed by atoms with E-state index in [-0.39, 0.29) is 0 Å². The molecule has 0 aliphatic carbocycles. The number of hydrogen-bond acceptors (Lipinski definition) is 4. The molecule has 0 aliphatic heterocycles. The fraction of sp³-hybridized carbons (Fsp3) is 0.300. The molecule has 0 saturated carbocycles. The van der Waals surface area contributed by atoms with Crippen molar-refractivity contribution < 1.29 is 9.52 Å². The van der Waals surface area contributed by atoms with E-state index in [2.05, 4.69) is 10.3 Å². The van der Waals surface area contributed by atoms with E-state index in [0.717, 1.165) is 11.1 Å². The second kappa shape index (κ2) is 3.77. The van der Waals surface area contributed by atoms with Crippen molar-refractivity contribution in [3.63, 3.8) is 0 Å². The van der Waals surface area contributed by atoms with Crippen LogP contribution in [0.1, 0.15) is 11.7 Å². The van der Waals surface area contributed by atoms with Gasteiger partial charge in [0.25, 0.3) is 0 Å². The predicted molar refractivity (Wildman–Crippen MR) is 52.9 cm³/mol. The van der Waals surface area contributed by atoms with Crippen molar-refractivity contribution in [1.29, 1.82) is 0 Å².